The normalized spacial score (nSPS) is 16.9. The highest BCUT2D eigenvalue weighted by Gasteiger charge is 2.48. The topological polar surface area (TPSA) is 103 Å². The fourth-order valence-corrected chi connectivity index (χ4v) is 4.24. The lowest BCUT2D eigenvalue weighted by Crippen LogP contribution is -2.63. The van der Waals surface area contributed by atoms with Crippen molar-refractivity contribution in [3.8, 4) is 5.75 Å². The zero-order chi connectivity index (χ0) is 25.7. The number of amides is 2. The molecule has 188 valence electrons. The Morgan fingerprint density at radius 2 is 1.81 bits per heavy atom. The lowest BCUT2D eigenvalue weighted by Gasteiger charge is -2.43. The van der Waals surface area contributed by atoms with Crippen molar-refractivity contribution in [3.05, 3.63) is 83.4 Å². The summed E-state index contributed by atoms with van der Waals surface area (Å²) < 4.78 is 12.0. The maximum Gasteiger partial charge on any atom is 0.359 e. The Morgan fingerprint density at radius 1 is 1.08 bits per heavy atom. The average Bonchev–Trinajstić information content (AvgIpc) is 3.32. The van der Waals surface area contributed by atoms with Gasteiger partial charge < -0.3 is 24.3 Å². The van der Waals surface area contributed by atoms with Crippen LogP contribution in [0.25, 0.3) is 0 Å². The van der Waals surface area contributed by atoms with Crippen LogP contribution < -0.4 is 10.1 Å². The number of imidazole rings is 1. The van der Waals surface area contributed by atoms with Gasteiger partial charge in [0.1, 0.15) is 17.0 Å². The molecule has 0 saturated heterocycles. The number of nitrogens with zero attached hydrogens (tertiary/aromatic N) is 3. The van der Waals surface area contributed by atoms with E-state index >= 15 is 0 Å². The summed E-state index contributed by atoms with van der Waals surface area (Å²) in [5.41, 5.74) is 0.578. The monoisotopic (exact) mass is 490 g/mol. The number of benzene rings is 2. The van der Waals surface area contributed by atoms with Crippen LogP contribution in [0.3, 0.4) is 0 Å². The number of methoxy groups -OCH3 is 1. The van der Waals surface area contributed by atoms with Gasteiger partial charge in [0, 0.05) is 13.1 Å². The molecule has 36 heavy (non-hydrogen) atoms. The summed E-state index contributed by atoms with van der Waals surface area (Å²) in [6.45, 7) is 5.00. The zero-order valence-electron chi connectivity index (χ0n) is 20.7. The van der Waals surface area contributed by atoms with E-state index in [2.05, 4.69) is 10.3 Å². The van der Waals surface area contributed by atoms with E-state index in [1.165, 1.54) is 18.3 Å². The van der Waals surface area contributed by atoms with E-state index in [0.717, 1.165) is 23.3 Å². The standard InChI is InChI=1S/C27H30N4O5/c1-4-14-36-21-12-10-20(11-13-21)16-31-24(32)23-22(25(33)35-3)29-18-30(23)17-27(31,2)26(34)28-15-19-8-6-5-7-9-19/h5-13,18H,4,14-17H2,1-3H3,(H,28,34)/t27-/m0/s1. The molecule has 1 aliphatic heterocycles. The van der Waals surface area contributed by atoms with Crippen molar-refractivity contribution < 1.29 is 23.9 Å². The van der Waals surface area contributed by atoms with Crippen LogP contribution in [0.4, 0.5) is 0 Å². The molecule has 0 saturated carbocycles. The van der Waals surface area contributed by atoms with Gasteiger partial charge in [0.15, 0.2) is 5.69 Å². The zero-order valence-corrected chi connectivity index (χ0v) is 20.7. The Hall–Kier alpha value is -4.14. The smallest absolute Gasteiger partial charge is 0.359 e. The molecule has 2 heterocycles. The predicted molar refractivity (Wildman–Crippen MR) is 132 cm³/mol. The molecule has 1 N–H and O–H groups in total. The molecule has 0 aliphatic carbocycles. The van der Waals surface area contributed by atoms with Crippen LogP contribution in [-0.2, 0) is 29.2 Å². The Morgan fingerprint density at radius 3 is 2.47 bits per heavy atom. The summed E-state index contributed by atoms with van der Waals surface area (Å²) in [5, 5.41) is 2.97. The van der Waals surface area contributed by atoms with E-state index in [1.807, 2.05) is 61.5 Å². The van der Waals surface area contributed by atoms with E-state index in [9.17, 15) is 14.4 Å². The van der Waals surface area contributed by atoms with Gasteiger partial charge in [-0.15, -0.1) is 0 Å². The minimum absolute atomic E-state index is 0.0671. The van der Waals surface area contributed by atoms with Crippen LogP contribution in [0.2, 0.25) is 0 Å². The summed E-state index contributed by atoms with van der Waals surface area (Å²) in [6, 6.07) is 17.0. The molecule has 2 aromatic carbocycles. The molecule has 1 atom stereocenters. The molecule has 4 rings (SSSR count). The Balaban J connectivity index is 1.65. The van der Waals surface area contributed by atoms with Gasteiger partial charge in [0.2, 0.25) is 5.91 Å². The molecule has 9 nitrogen and oxygen atoms in total. The number of nitrogens with one attached hydrogen (secondary N) is 1. The molecule has 3 aromatic rings. The van der Waals surface area contributed by atoms with Crippen LogP contribution in [-0.4, -0.2) is 51.5 Å². The number of hydrogen-bond donors (Lipinski definition) is 1. The summed E-state index contributed by atoms with van der Waals surface area (Å²) in [4.78, 5) is 45.2. The number of esters is 1. The lowest BCUT2D eigenvalue weighted by molar-refractivity contribution is -0.133. The van der Waals surface area contributed by atoms with Gasteiger partial charge in [-0.3, -0.25) is 9.59 Å². The summed E-state index contributed by atoms with van der Waals surface area (Å²) >= 11 is 0. The van der Waals surface area contributed by atoms with Crippen molar-refractivity contribution in [2.45, 2.75) is 45.4 Å². The number of carbonyl (C=O) groups is 3. The average molecular weight is 491 g/mol. The maximum atomic E-state index is 13.8. The summed E-state index contributed by atoms with van der Waals surface area (Å²) in [6.07, 6.45) is 2.30. The Bertz CT molecular complexity index is 1240. The van der Waals surface area contributed by atoms with Gasteiger partial charge in [-0.2, -0.15) is 0 Å². The van der Waals surface area contributed by atoms with Gasteiger partial charge >= 0.3 is 5.97 Å². The van der Waals surface area contributed by atoms with Gasteiger partial charge in [0.25, 0.3) is 5.91 Å². The Kier molecular flexibility index (Phi) is 7.38. The molecule has 0 bridgehead atoms. The second kappa shape index (κ2) is 10.6. The van der Waals surface area contributed by atoms with Crippen LogP contribution >= 0.6 is 0 Å². The second-order valence-corrected chi connectivity index (χ2v) is 8.89. The predicted octanol–water partition coefficient (Wildman–Crippen LogP) is 3.19. The highest BCUT2D eigenvalue weighted by atomic mass is 16.5. The van der Waals surface area contributed by atoms with Crippen molar-refractivity contribution in [2.24, 2.45) is 0 Å². The van der Waals surface area contributed by atoms with Crippen molar-refractivity contribution >= 4 is 17.8 Å². The van der Waals surface area contributed by atoms with Gasteiger partial charge in [0.05, 0.1) is 26.6 Å². The number of rotatable bonds is 9. The first-order chi connectivity index (χ1) is 17.4. The van der Waals surface area contributed by atoms with Crippen molar-refractivity contribution in [1.29, 1.82) is 0 Å². The van der Waals surface area contributed by atoms with Gasteiger partial charge in [-0.05, 0) is 36.6 Å². The lowest BCUT2D eigenvalue weighted by atomic mass is 9.93. The van der Waals surface area contributed by atoms with Crippen LogP contribution in [0, 0.1) is 0 Å². The first-order valence-corrected chi connectivity index (χ1v) is 11.9. The SMILES string of the molecule is CCCOc1ccc(CN2C(=O)c3c(C(=O)OC)ncn3C[C@@]2(C)C(=O)NCc2ccccc2)cc1. The summed E-state index contributed by atoms with van der Waals surface area (Å²) in [5.74, 6) is -0.740. The van der Waals surface area contributed by atoms with Crippen LogP contribution in [0.5, 0.6) is 5.75 Å². The molecule has 1 aliphatic rings. The van der Waals surface area contributed by atoms with E-state index in [0.29, 0.717) is 13.2 Å². The molecule has 0 radical (unpaired) electrons. The van der Waals surface area contributed by atoms with Crippen molar-refractivity contribution in [2.75, 3.05) is 13.7 Å². The molecule has 2 amide bonds. The number of hydrogen-bond acceptors (Lipinski definition) is 6. The van der Waals surface area contributed by atoms with E-state index < -0.39 is 17.4 Å². The second-order valence-electron chi connectivity index (χ2n) is 8.89. The van der Waals surface area contributed by atoms with E-state index in [4.69, 9.17) is 9.47 Å². The molecule has 9 heteroatoms. The third-order valence-corrected chi connectivity index (χ3v) is 6.26. The molecule has 0 spiro atoms. The Labute approximate surface area is 210 Å². The van der Waals surface area contributed by atoms with Crippen molar-refractivity contribution in [1.82, 2.24) is 19.8 Å². The fraction of sp³-hybridized carbons (Fsp3) is 0.333. The first-order valence-electron chi connectivity index (χ1n) is 11.9. The quantitative estimate of drug-likeness (QED) is 0.462. The summed E-state index contributed by atoms with van der Waals surface area (Å²) in [7, 11) is 1.24. The third-order valence-electron chi connectivity index (χ3n) is 6.26. The highest BCUT2D eigenvalue weighted by molar-refractivity contribution is 6.06. The van der Waals surface area contributed by atoms with Gasteiger partial charge in [-0.25, -0.2) is 9.78 Å². The minimum atomic E-state index is -1.23. The first kappa shape index (κ1) is 25.0. The number of carbonyl (C=O) groups excluding carboxylic acids is 3. The molecular weight excluding hydrogens is 460 g/mol. The van der Waals surface area contributed by atoms with Crippen LogP contribution in [0.15, 0.2) is 60.9 Å². The van der Waals surface area contributed by atoms with Crippen LogP contribution in [0.1, 0.15) is 52.4 Å². The third kappa shape index (κ3) is 4.95. The number of fused-ring (bicyclic) bond motifs is 1. The van der Waals surface area contributed by atoms with Gasteiger partial charge in [-0.1, -0.05) is 49.4 Å². The minimum Gasteiger partial charge on any atom is -0.494 e. The molecule has 0 fully saturated rings. The fourth-order valence-electron chi connectivity index (χ4n) is 4.24. The molecule has 1 aromatic heterocycles. The molecule has 0 unspecified atom stereocenters. The molecular formula is C27H30N4O5. The van der Waals surface area contributed by atoms with E-state index in [1.54, 1.807) is 11.5 Å². The maximum absolute atomic E-state index is 13.8. The highest BCUT2D eigenvalue weighted by Crippen LogP contribution is 2.31. The van der Waals surface area contributed by atoms with E-state index in [-0.39, 0.29) is 30.4 Å². The van der Waals surface area contributed by atoms with Crippen molar-refractivity contribution in [3.63, 3.8) is 0 Å². The number of aromatic nitrogens is 2. The number of ether oxygens (including phenoxy) is 2. The largest absolute Gasteiger partial charge is 0.494 e.